The van der Waals surface area contributed by atoms with Gasteiger partial charge >= 0.3 is 0 Å². The van der Waals surface area contributed by atoms with Gasteiger partial charge in [0.1, 0.15) is 0 Å². The summed E-state index contributed by atoms with van der Waals surface area (Å²) in [7, 11) is 0. The Kier molecular flexibility index (Phi) is 4.06. The second kappa shape index (κ2) is 6.53. The Morgan fingerprint density at radius 2 is 2.04 bits per heavy atom. The van der Waals surface area contributed by atoms with Crippen molar-refractivity contribution >= 4 is 28.7 Å². The minimum absolute atomic E-state index is 0.0953. The second-order valence-electron chi connectivity index (χ2n) is 5.77. The van der Waals surface area contributed by atoms with E-state index >= 15 is 0 Å². The summed E-state index contributed by atoms with van der Waals surface area (Å²) < 4.78 is 1.64. The fourth-order valence-electron chi connectivity index (χ4n) is 2.85. The summed E-state index contributed by atoms with van der Waals surface area (Å²) in [4.78, 5) is 28.8. The summed E-state index contributed by atoms with van der Waals surface area (Å²) in [6.07, 6.45) is 3.36. The number of hydrogen-bond acceptors (Lipinski definition) is 5. The number of nitrogens with two attached hydrogens (primary N) is 1. The lowest BCUT2D eigenvalue weighted by Gasteiger charge is -2.07. The molecule has 0 saturated carbocycles. The lowest BCUT2D eigenvalue weighted by molar-refractivity contribution is -0.117. The number of nitrogens with zero attached hydrogens (tertiary/aromatic N) is 3. The number of amides is 1. The van der Waals surface area contributed by atoms with Crippen molar-refractivity contribution in [1.82, 2.24) is 14.6 Å². The number of thiophene rings is 1. The highest BCUT2D eigenvalue weighted by Crippen LogP contribution is 2.24. The molecule has 0 unspecified atom stereocenters. The van der Waals surface area contributed by atoms with E-state index in [9.17, 15) is 9.59 Å². The number of rotatable bonds is 5. The predicted molar refractivity (Wildman–Crippen MR) is 99.1 cm³/mol. The molecule has 128 valence electrons. The van der Waals surface area contributed by atoms with Crippen LogP contribution in [0.1, 0.15) is 20.8 Å². The zero-order chi connectivity index (χ0) is 18.1. The summed E-state index contributed by atoms with van der Waals surface area (Å²) in [5.74, 6) is -0.480. The Labute approximate surface area is 152 Å². The molecule has 0 spiro atoms. The van der Waals surface area contributed by atoms with E-state index in [-0.39, 0.29) is 18.1 Å². The number of aromatic nitrogens is 3. The van der Waals surface area contributed by atoms with Crippen LogP contribution in [0.5, 0.6) is 0 Å². The van der Waals surface area contributed by atoms with Gasteiger partial charge < -0.3 is 5.73 Å². The van der Waals surface area contributed by atoms with Crippen LogP contribution in [0.15, 0.2) is 60.2 Å². The third-order valence-corrected chi connectivity index (χ3v) is 4.86. The number of primary amides is 1. The lowest BCUT2D eigenvalue weighted by atomic mass is 10.1. The van der Waals surface area contributed by atoms with Gasteiger partial charge in [0, 0.05) is 11.8 Å². The maximum absolute atomic E-state index is 12.7. The molecule has 3 heterocycles. The van der Waals surface area contributed by atoms with E-state index < -0.39 is 0 Å². The van der Waals surface area contributed by atoms with Crippen molar-refractivity contribution in [2.75, 3.05) is 0 Å². The number of fused-ring (bicyclic) bond motifs is 1. The highest BCUT2D eigenvalue weighted by molar-refractivity contribution is 7.12. The molecule has 0 atom stereocenters. The van der Waals surface area contributed by atoms with Crippen LogP contribution in [0.2, 0.25) is 0 Å². The van der Waals surface area contributed by atoms with Crippen LogP contribution in [-0.4, -0.2) is 26.3 Å². The van der Waals surface area contributed by atoms with Crippen molar-refractivity contribution in [3.63, 3.8) is 0 Å². The van der Waals surface area contributed by atoms with E-state index in [0.717, 1.165) is 16.8 Å². The fraction of sp³-hybridized carbons (Fsp3) is 0.0526. The third-order valence-electron chi connectivity index (χ3n) is 3.99. The van der Waals surface area contributed by atoms with Crippen LogP contribution in [0.3, 0.4) is 0 Å². The molecule has 0 saturated heterocycles. The molecule has 1 aromatic carbocycles. The van der Waals surface area contributed by atoms with Crippen molar-refractivity contribution in [2.45, 2.75) is 6.42 Å². The molecule has 0 aliphatic carbocycles. The summed E-state index contributed by atoms with van der Waals surface area (Å²) in [6, 6.07) is 13.0. The molecule has 4 rings (SSSR count). The number of carbonyl (C=O) groups is 2. The summed E-state index contributed by atoms with van der Waals surface area (Å²) >= 11 is 1.39. The Hall–Kier alpha value is -3.32. The lowest BCUT2D eigenvalue weighted by Crippen LogP contribution is -2.13. The van der Waals surface area contributed by atoms with Crippen LogP contribution >= 0.6 is 11.3 Å². The maximum Gasteiger partial charge on any atom is 0.221 e. The third kappa shape index (κ3) is 2.89. The van der Waals surface area contributed by atoms with Gasteiger partial charge in [0.25, 0.3) is 0 Å². The van der Waals surface area contributed by atoms with E-state index in [1.807, 2.05) is 41.8 Å². The zero-order valence-electron chi connectivity index (χ0n) is 13.6. The minimum atomic E-state index is -0.384. The molecule has 26 heavy (non-hydrogen) atoms. The average Bonchev–Trinajstić information content (AvgIpc) is 3.30. The van der Waals surface area contributed by atoms with Gasteiger partial charge in [-0.2, -0.15) is 5.10 Å². The zero-order valence-corrected chi connectivity index (χ0v) is 14.4. The second-order valence-corrected chi connectivity index (χ2v) is 6.72. The first-order valence-electron chi connectivity index (χ1n) is 7.92. The highest BCUT2D eigenvalue weighted by Gasteiger charge is 2.18. The molecule has 0 fully saturated rings. The Morgan fingerprint density at radius 3 is 2.81 bits per heavy atom. The number of benzene rings is 1. The topological polar surface area (TPSA) is 90.4 Å². The smallest absolute Gasteiger partial charge is 0.221 e. The quantitative estimate of drug-likeness (QED) is 0.553. The first-order chi connectivity index (χ1) is 12.6. The largest absolute Gasteiger partial charge is 0.369 e. The molecule has 2 N–H and O–H groups in total. The fourth-order valence-corrected chi connectivity index (χ4v) is 3.53. The van der Waals surface area contributed by atoms with Gasteiger partial charge in [-0.1, -0.05) is 24.3 Å². The summed E-state index contributed by atoms with van der Waals surface area (Å²) in [5, 5.41) is 6.23. The monoisotopic (exact) mass is 362 g/mol. The maximum atomic E-state index is 12.7. The van der Waals surface area contributed by atoms with Gasteiger partial charge in [0.15, 0.2) is 5.65 Å². The number of carbonyl (C=O) groups excluding carboxylic acids is 2. The van der Waals surface area contributed by atoms with E-state index in [2.05, 4.69) is 10.1 Å². The standard InChI is InChI=1S/C19H14N4O2S/c20-17(24)10-12-3-1-4-13(9-12)15-6-7-21-19-14(11-22-23(15)19)18(25)16-5-2-8-26-16/h1-9,11H,10H2,(H2,20,24). The molecule has 1 amide bonds. The van der Waals surface area contributed by atoms with Gasteiger partial charge in [-0.15, -0.1) is 11.3 Å². The molecule has 0 aliphatic heterocycles. The molecule has 4 aromatic rings. The first-order valence-corrected chi connectivity index (χ1v) is 8.80. The summed E-state index contributed by atoms with van der Waals surface area (Å²) in [6.45, 7) is 0. The van der Waals surface area contributed by atoms with E-state index in [1.165, 1.54) is 11.3 Å². The Morgan fingerprint density at radius 1 is 1.15 bits per heavy atom. The van der Waals surface area contributed by atoms with E-state index in [1.54, 1.807) is 23.0 Å². The van der Waals surface area contributed by atoms with Crippen molar-refractivity contribution in [3.05, 3.63) is 76.2 Å². The van der Waals surface area contributed by atoms with Crippen molar-refractivity contribution < 1.29 is 9.59 Å². The van der Waals surface area contributed by atoms with E-state index in [4.69, 9.17) is 5.73 Å². The molecule has 0 aliphatic rings. The first kappa shape index (κ1) is 16.2. The molecule has 0 bridgehead atoms. The van der Waals surface area contributed by atoms with Gasteiger partial charge in [-0.3, -0.25) is 9.59 Å². The van der Waals surface area contributed by atoms with Gasteiger partial charge in [-0.05, 0) is 29.1 Å². The Bertz CT molecular complexity index is 1120. The van der Waals surface area contributed by atoms with E-state index in [0.29, 0.717) is 16.1 Å². The van der Waals surface area contributed by atoms with Crippen molar-refractivity contribution in [1.29, 1.82) is 0 Å². The minimum Gasteiger partial charge on any atom is -0.369 e. The van der Waals surface area contributed by atoms with Crippen LogP contribution in [0.4, 0.5) is 0 Å². The normalized spacial score (nSPS) is 10.9. The average molecular weight is 362 g/mol. The number of hydrogen-bond donors (Lipinski definition) is 1. The number of ketones is 1. The van der Waals surface area contributed by atoms with Crippen LogP contribution in [0, 0.1) is 0 Å². The molecular weight excluding hydrogens is 348 g/mol. The predicted octanol–water partition coefficient (Wildman–Crippen LogP) is 2.72. The van der Waals surface area contributed by atoms with Gasteiger partial charge in [0.2, 0.25) is 11.7 Å². The van der Waals surface area contributed by atoms with Crippen LogP contribution < -0.4 is 5.73 Å². The van der Waals surface area contributed by atoms with Gasteiger partial charge in [-0.25, -0.2) is 9.50 Å². The SMILES string of the molecule is NC(=O)Cc1cccc(-c2ccnc3c(C(=O)c4cccs4)cnn23)c1. The van der Waals surface area contributed by atoms with Crippen LogP contribution in [-0.2, 0) is 11.2 Å². The summed E-state index contributed by atoms with van der Waals surface area (Å²) in [5.41, 5.74) is 8.72. The van der Waals surface area contributed by atoms with Gasteiger partial charge in [0.05, 0.1) is 28.8 Å². The highest BCUT2D eigenvalue weighted by atomic mass is 32.1. The molecule has 6 nitrogen and oxygen atoms in total. The Balaban J connectivity index is 1.81. The molecule has 0 radical (unpaired) electrons. The molecule has 3 aromatic heterocycles. The molecule has 7 heteroatoms. The van der Waals surface area contributed by atoms with Crippen molar-refractivity contribution in [3.8, 4) is 11.3 Å². The molecular formula is C19H14N4O2S. The van der Waals surface area contributed by atoms with Crippen molar-refractivity contribution in [2.24, 2.45) is 5.73 Å². The van der Waals surface area contributed by atoms with Crippen LogP contribution in [0.25, 0.3) is 16.9 Å².